The van der Waals surface area contributed by atoms with Crippen molar-refractivity contribution in [3.63, 3.8) is 0 Å². The maximum atomic E-state index is 4.68. The summed E-state index contributed by atoms with van der Waals surface area (Å²) in [5, 5.41) is 6.74. The molecule has 0 aliphatic carbocycles. The van der Waals surface area contributed by atoms with Gasteiger partial charge < -0.3 is 5.32 Å². The van der Waals surface area contributed by atoms with E-state index in [9.17, 15) is 0 Å². The van der Waals surface area contributed by atoms with Gasteiger partial charge in [-0.3, -0.25) is 19.6 Å². The molecule has 2 N–H and O–H groups in total. The predicted molar refractivity (Wildman–Crippen MR) is 109 cm³/mol. The molecule has 1 fully saturated rings. The van der Waals surface area contributed by atoms with E-state index in [-0.39, 0.29) is 0 Å². The Morgan fingerprint density at radius 1 is 1.38 bits per heavy atom. The van der Waals surface area contributed by atoms with E-state index in [1.165, 1.54) is 18.4 Å². The molecule has 0 spiro atoms. The molecule has 0 aromatic rings. The third-order valence-corrected chi connectivity index (χ3v) is 5.00. The summed E-state index contributed by atoms with van der Waals surface area (Å²) in [4.78, 5) is 8.61. The number of hydrogen-bond donors (Lipinski definition) is 2. The molecular weight excluding hydrogens is 318 g/mol. The van der Waals surface area contributed by atoms with Crippen LogP contribution in [0, 0.1) is 0 Å². The highest BCUT2D eigenvalue weighted by Crippen LogP contribution is 2.16. The van der Waals surface area contributed by atoms with Crippen LogP contribution in [0.3, 0.4) is 0 Å². The van der Waals surface area contributed by atoms with Gasteiger partial charge >= 0.3 is 0 Å². The van der Waals surface area contributed by atoms with E-state index in [1.807, 2.05) is 19.0 Å². The van der Waals surface area contributed by atoms with Crippen LogP contribution in [0.1, 0.15) is 39.5 Å². The minimum atomic E-state index is 0.553. The molecule has 1 rings (SSSR count). The Morgan fingerprint density at radius 2 is 2.08 bits per heavy atom. The molecule has 0 amide bonds. The second kappa shape index (κ2) is 12.3. The Morgan fingerprint density at radius 3 is 2.62 bits per heavy atom. The highest BCUT2D eigenvalue weighted by molar-refractivity contribution is 7.96. The molecular formula is C18H33N5S. The van der Waals surface area contributed by atoms with E-state index < -0.39 is 0 Å². The fourth-order valence-corrected chi connectivity index (χ4v) is 3.38. The molecule has 0 unspecified atom stereocenters. The standard InChI is InChI=1S/C18H33N5S/c1-6-7-15(2)12-16(13-19-3)18(20-4)22-14-21-17-8-10-23(24-5)11-9-17/h12-13,17,21H,3,6-11,14H2,1-2,4-5H3,(H,20,22)/b15-12+,16-13-. The summed E-state index contributed by atoms with van der Waals surface area (Å²) in [5.41, 5.74) is 2.31. The number of likely N-dealkylation sites (N-methyl/N-ethyl adjacent to an activating group) is 1. The molecule has 5 nitrogen and oxygen atoms in total. The molecule has 6 heteroatoms. The van der Waals surface area contributed by atoms with Crippen molar-refractivity contribution in [2.45, 2.75) is 45.6 Å². The van der Waals surface area contributed by atoms with Crippen LogP contribution in [0.25, 0.3) is 0 Å². The smallest absolute Gasteiger partial charge is 0.130 e. The first-order chi connectivity index (χ1) is 11.6. The molecule has 1 aliphatic rings. The van der Waals surface area contributed by atoms with Crippen molar-refractivity contribution in [2.24, 2.45) is 9.98 Å². The van der Waals surface area contributed by atoms with Crippen molar-refractivity contribution in [1.29, 1.82) is 0 Å². The van der Waals surface area contributed by atoms with Gasteiger partial charge in [0.1, 0.15) is 5.84 Å². The van der Waals surface area contributed by atoms with Crippen LogP contribution in [0.4, 0.5) is 0 Å². The quantitative estimate of drug-likeness (QED) is 0.290. The first-order valence-electron chi connectivity index (χ1n) is 8.72. The van der Waals surface area contributed by atoms with E-state index in [0.29, 0.717) is 12.7 Å². The van der Waals surface area contributed by atoms with Gasteiger partial charge in [0, 0.05) is 38.0 Å². The topological polar surface area (TPSA) is 52.0 Å². The molecule has 0 atom stereocenters. The van der Waals surface area contributed by atoms with Crippen molar-refractivity contribution >= 4 is 24.5 Å². The molecule has 24 heavy (non-hydrogen) atoms. The first kappa shape index (κ1) is 20.9. The van der Waals surface area contributed by atoms with Gasteiger partial charge in [-0.05, 0) is 39.2 Å². The zero-order chi connectivity index (χ0) is 17.8. The summed E-state index contributed by atoms with van der Waals surface area (Å²) < 4.78 is 2.42. The van der Waals surface area contributed by atoms with Crippen molar-refractivity contribution in [1.82, 2.24) is 14.9 Å². The molecule has 0 saturated carbocycles. The van der Waals surface area contributed by atoms with Gasteiger partial charge in [-0.15, -0.1) is 0 Å². The third-order valence-electron chi connectivity index (χ3n) is 4.12. The number of piperidine rings is 1. The summed E-state index contributed by atoms with van der Waals surface area (Å²) in [5.74, 6) is 0.854. The van der Waals surface area contributed by atoms with E-state index in [2.05, 4.69) is 57.8 Å². The van der Waals surface area contributed by atoms with E-state index in [1.54, 1.807) is 6.20 Å². The minimum absolute atomic E-state index is 0.553. The zero-order valence-corrected chi connectivity index (χ0v) is 16.5. The van der Waals surface area contributed by atoms with Crippen molar-refractivity contribution in [2.75, 3.05) is 33.1 Å². The lowest BCUT2D eigenvalue weighted by molar-refractivity contribution is 0.311. The third kappa shape index (κ3) is 7.64. The number of amidine groups is 1. The van der Waals surface area contributed by atoms with Crippen LogP contribution in [0.2, 0.25) is 0 Å². The fraction of sp³-hybridized carbons (Fsp3) is 0.667. The summed E-state index contributed by atoms with van der Waals surface area (Å²) >= 11 is 1.84. The minimum Gasteiger partial charge on any atom is -0.373 e. The van der Waals surface area contributed by atoms with Gasteiger partial charge in [-0.1, -0.05) is 36.9 Å². The van der Waals surface area contributed by atoms with Crippen molar-refractivity contribution < 1.29 is 0 Å². The first-order valence-corrected chi connectivity index (χ1v) is 9.90. The molecule has 0 aromatic heterocycles. The zero-order valence-electron chi connectivity index (χ0n) is 15.6. The number of rotatable bonds is 9. The lowest BCUT2D eigenvalue weighted by atomic mass is 10.1. The van der Waals surface area contributed by atoms with Crippen LogP contribution in [-0.2, 0) is 0 Å². The Labute approximate surface area is 151 Å². The van der Waals surface area contributed by atoms with E-state index in [0.717, 1.165) is 37.3 Å². The average molecular weight is 352 g/mol. The van der Waals surface area contributed by atoms with Crippen molar-refractivity contribution in [3.05, 3.63) is 23.4 Å². The second-order valence-electron chi connectivity index (χ2n) is 6.01. The monoisotopic (exact) mass is 351 g/mol. The molecule has 0 aromatic carbocycles. The van der Waals surface area contributed by atoms with Crippen molar-refractivity contribution in [3.8, 4) is 0 Å². The molecule has 0 radical (unpaired) electrons. The Hall–Kier alpha value is -1.11. The average Bonchev–Trinajstić information content (AvgIpc) is 2.59. The lowest BCUT2D eigenvalue weighted by Crippen LogP contribution is -2.40. The van der Waals surface area contributed by atoms with E-state index >= 15 is 0 Å². The lowest BCUT2D eigenvalue weighted by Gasteiger charge is -2.30. The van der Waals surface area contributed by atoms with Gasteiger partial charge in [0.2, 0.25) is 0 Å². The summed E-state index contributed by atoms with van der Waals surface area (Å²) in [7, 11) is 1.90. The van der Waals surface area contributed by atoms with Crippen LogP contribution in [0.5, 0.6) is 0 Å². The number of aliphatic imine (C=N–C) groups is 2. The van der Waals surface area contributed by atoms with Crippen LogP contribution in [0.15, 0.2) is 33.4 Å². The van der Waals surface area contributed by atoms with Crippen LogP contribution < -0.4 is 10.6 Å². The van der Waals surface area contributed by atoms with Gasteiger partial charge in [0.05, 0.1) is 6.67 Å². The Kier molecular flexibility index (Phi) is 10.7. The largest absolute Gasteiger partial charge is 0.373 e. The predicted octanol–water partition coefficient (Wildman–Crippen LogP) is 3.22. The highest BCUT2D eigenvalue weighted by atomic mass is 32.2. The van der Waals surface area contributed by atoms with Crippen LogP contribution in [-0.4, -0.2) is 56.0 Å². The van der Waals surface area contributed by atoms with Gasteiger partial charge in [0.15, 0.2) is 0 Å². The molecule has 136 valence electrons. The summed E-state index contributed by atoms with van der Waals surface area (Å²) in [6.45, 7) is 10.8. The SMILES string of the molecule is C=N/C=C(/C=C(\C)CCC)C(=N/CNC1CCN(SC)CC1)\NC. The van der Waals surface area contributed by atoms with Gasteiger partial charge in [-0.25, -0.2) is 0 Å². The number of hydrogen-bond acceptors (Lipinski definition) is 5. The van der Waals surface area contributed by atoms with E-state index in [4.69, 9.17) is 0 Å². The maximum Gasteiger partial charge on any atom is 0.130 e. The summed E-state index contributed by atoms with van der Waals surface area (Å²) in [6.07, 6.45) is 10.6. The molecule has 1 saturated heterocycles. The number of nitrogens with zero attached hydrogens (tertiary/aromatic N) is 3. The van der Waals surface area contributed by atoms with Gasteiger partial charge in [-0.2, -0.15) is 0 Å². The molecule has 1 aliphatic heterocycles. The van der Waals surface area contributed by atoms with Gasteiger partial charge in [0.25, 0.3) is 0 Å². The summed E-state index contributed by atoms with van der Waals surface area (Å²) in [6, 6.07) is 0.553. The fourth-order valence-electron chi connectivity index (χ4n) is 2.81. The highest BCUT2D eigenvalue weighted by Gasteiger charge is 2.17. The Bertz CT molecular complexity index is 462. The Balaban J connectivity index is 2.62. The second-order valence-corrected chi connectivity index (χ2v) is 6.89. The normalized spacial score (nSPS) is 18.8. The number of allylic oxidation sites excluding steroid dienone is 1. The maximum absolute atomic E-state index is 4.68. The molecule has 0 bridgehead atoms. The molecule has 1 heterocycles. The number of nitrogens with one attached hydrogen (secondary N) is 2. The van der Waals surface area contributed by atoms with Crippen LogP contribution >= 0.6 is 11.9 Å².